The smallest absolute Gasteiger partial charge is 0.162 e. The predicted octanol–water partition coefficient (Wildman–Crippen LogP) is 3.06. The molecule has 0 aliphatic heterocycles. The summed E-state index contributed by atoms with van der Waals surface area (Å²) in [6.45, 7) is 8.06. The summed E-state index contributed by atoms with van der Waals surface area (Å²) in [5, 5.41) is 5.29. The van der Waals surface area contributed by atoms with Crippen LogP contribution >= 0.6 is 0 Å². The quantitative estimate of drug-likeness (QED) is 0.859. The molecule has 0 saturated heterocycles. The second kappa shape index (κ2) is 10.1. The van der Waals surface area contributed by atoms with Gasteiger partial charge in [0.15, 0.2) is 11.5 Å². The molecule has 2 rings (SSSR count). The van der Waals surface area contributed by atoms with Crippen LogP contribution < -0.4 is 25.2 Å². The highest BCUT2D eigenvalue weighted by molar-refractivity contribution is 6.06. The second-order valence-electron chi connectivity index (χ2n) is 4.65. The van der Waals surface area contributed by atoms with Crippen molar-refractivity contribution in [3.05, 3.63) is 52.9 Å². The van der Waals surface area contributed by atoms with E-state index < -0.39 is 0 Å². The molecule has 2 aromatic carbocycles. The van der Waals surface area contributed by atoms with Crippen LogP contribution in [0, 0.1) is 0 Å². The fraction of sp³-hybridized carbons (Fsp3) is 0.250. The zero-order valence-corrected chi connectivity index (χ0v) is 15.1. The van der Waals surface area contributed by atoms with Gasteiger partial charge in [-0.1, -0.05) is 44.7 Å². The molecule has 4 nitrogen and oxygen atoms in total. The topological polar surface area (TPSA) is 42.9 Å². The third-order valence-electron chi connectivity index (χ3n) is 3.23. The number of nitrogens with one attached hydrogen (secondary N) is 1. The molecule has 24 heavy (non-hydrogen) atoms. The molecule has 0 heterocycles. The van der Waals surface area contributed by atoms with Crippen molar-refractivity contribution in [3.63, 3.8) is 0 Å². The molecule has 0 fully saturated rings. The maximum atomic E-state index is 5.33. The van der Waals surface area contributed by atoms with Gasteiger partial charge in [-0.3, -0.25) is 4.99 Å². The number of methoxy groups -OCH3 is 2. The minimum absolute atomic E-state index is 0.670. The van der Waals surface area contributed by atoms with Crippen LogP contribution in [0.5, 0.6) is 11.5 Å². The molecule has 0 bridgehead atoms. The SMILES string of the molecule is C=c1cccc/c1=C(/C=NC)Nc1ccc(OC)c(OC)c1.CC. The number of ether oxygens (including phenoxy) is 2. The van der Waals surface area contributed by atoms with Crippen molar-refractivity contribution in [1.29, 1.82) is 0 Å². The first-order valence-electron chi connectivity index (χ1n) is 7.89. The molecule has 0 amide bonds. The van der Waals surface area contributed by atoms with Crippen molar-refractivity contribution >= 4 is 24.2 Å². The normalized spacial score (nSPS) is 11.4. The molecule has 0 aromatic heterocycles. The molecule has 0 radical (unpaired) electrons. The summed E-state index contributed by atoms with van der Waals surface area (Å²) in [5.74, 6) is 1.36. The van der Waals surface area contributed by atoms with E-state index in [1.54, 1.807) is 27.5 Å². The monoisotopic (exact) mass is 326 g/mol. The lowest BCUT2D eigenvalue weighted by Crippen LogP contribution is -2.28. The lowest BCUT2D eigenvalue weighted by Gasteiger charge is -2.12. The molecular formula is C20H26N2O2. The van der Waals surface area contributed by atoms with E-state index in [-0.39, 0.29) is 0 Å². The van der Waals surface area contributed by atoms with Crippen LogP contribution in [0.4, 0.5) is 5.69 Å². The van der Waals surface area contributed by atoms with E-state index in [4.69, 9.17) is 9.47 Å². The van der Waals surface area contributed by atoms with E-state index in [1.807, 2.05) is 56.3 Å². The molecule has 1 N–H and O–H groups in total. The average molecular weight is 326 g/mol. The summed E-state index contributed by atoms with van der Waals surface area (Å²) in [7, 11) is 4.97. The number of rotatable bonds is 5. The standard InChI is InChI=1S/C18H20N2O2.C2H6/c1-13-7-5-6-8-15(13)16(12-19-2)20-14-9-10-17(21-3)18(11-14)22-4;1-2/h5-12,20H,1H2,2-4H3;1-2H3/b16-15+,19-12?;. The maximum absolute atomic E-state index is 5.33. The Bertz CT molecular complexity index is 782. The average Bonchev–Trinajstić information content (AvgIpc) is 2.63. The van der Waals surface area contributed by atoms with Gasteiger partial charge in [0.05, 0.1) is 19.9 Å². The summed E-state index contributed by atoms with van der Waals surface area (Å²) >= 11 is 0. The van der Waals surface area contributed by atoms with Crippen LogP contribution in [0.2, 0.25) is 0 Å². The molecule has 0 saturated carbocycles. The van der Waals surface area contributed by atoms with E-state index in [0.717, 1.165) is 21.8 Å². The van der Waals surface area contributed by atoms with Gasteiger partial charge >= 0.3 is 0 Å². The van der Waals surface area contributed by atoms with Gasteiger partial charge in [0.25, 0.3) is 0 Å². The molecule has 2 aromatic rings. The zero-order chi connectivity index (χ0) is 17.9. The lowest BCUT2D eigenvalue weighted by atomic mass is 10.2. The molecule has 128 valence electrons. The minimum atomic E-state index is 0.670. The summed E-state index contributed by atoms with van der Waals surface area (Å²) in [6, 6.07) is 13.6. The molecule has 0 spiro atoms. The Morgan fingerprint density at radius 2 is 1.71 bits per heavy atom. The number of nitrogens with zero attached hydrogens (tertiary/aromatic N) is 1. The molecule has 0 unspecified atom stereocenters. The Morgan fingerprint density at radius 1 is 1.04 bits per heavy atom. The Kier molecular flexibility index (Phi) is 8.13. The van der Waals surface area contributed by atoms with Crippen molar-refractivity contribution in [3.8, 4) is 11.5 Å². The van der Waals surface area contributed by atoms with E-state index in [2.05, 4.69) is 16.9 Å². The number of aliphatic imine (C=N–C) groups is 1. The van der Waals surface area contributed by atoms with E-state index in [0.29, 0.717) is 11.5 Å². The Hall–Kier alpha value is -2.75. The van der Waals surface area contributed by atoms with E-state index in [9.17, 15) is 0 Å². The van der Waals surface area contributed by atoms with Crippen LogP contribution in [0.15, 0.2) is 47.5 Å². The zero-order valence-electron chi connectivity index (χ0n) is 15.1. The Labute approximate surface area is 144 Å². The summed E-state index contributed by atoms with van der Waals surface area (Å²) < 4.78 is 10.6. The van der Waals surface area contributed by atoms with Crippen molar-refractivity contribution in [2.45, 2.75) is 13.8 Å². The molecule has 0 atom stereocenters. The van der Waals surface area contributed by atoms with E-state index in [1.165, 1.54) is 0 Å². The van der Waals surface area contributed by atoms with Gasteiger partial charge in [0.2, 0.25) is 0 Å². The van der Waals surface area contributed by atoms with E-state index >= 15 is 0 Å². The maximum Gasteiger partial charge on any atom is 0.162 e. The Balaban J connectivity index is 0.00000139. The number of hydrogen-bond donors (Lipinski definition) is 1. The fourth-order valence-electron chi connectivity index (χ4n) is 2.15. The number of benzene rings is 2. The third kappa shape index (κ3) is 4.88. The van der Waals surface area contributed by atoms with Gasteiger partial charge in [0.1, 0.15) is 0 Å². The summed E-state index contributed by atoms with van der Waals surface area (Å²) in [4.78, 5) is 4.12. The van der Waals surface area contributed by atoms with Crippen LogP contribution in [0.25, 0.3) is 12.3 Å². The second-order valence-corrected chi connectivity index (χ2v) is 4.65. The van der Waals surface area contributed by atoms with Gasteiger partial charge < -0.3 is 14.8 Å². The molecule has 0 aliphatic rings. The first-order chi connectivity index (χ1) is 11.7. The van der Waals surface area contributed by atoms with Crippen LogP contribution in [0.3, 0.4) is 0 Å². The van der Waals surface area contributed by atoms with Gasteiger partial charge in [-0.15, -0.1) is 0 Å². The Morgan fingerprint density at radius 3 is 2.29 bits per heavy atom. The van der Waals surface area contributed by atoms with Gasteiger partial charge in [0, 0.05) is 30.2 Å². The lowest BCUT2D eigenvalue weighted by molar-refractivity contribution is 0.355. The highest BCUT2D eigenvalue weighted by Crippen LogP contribution is 2.30. The summed E-state index contributed by atoms with van der Waals surface area (Å²) in [5.41, 5.74) is 1.76. The van der Waals surface area contributed by atoms with Crippen molar-refractivity contribution in [1.82, 2.24) is 0 Å². The predicted molar refractivity (Wildman–Crippen MR) is 104 cm³/mol. The highest BCUT2D eigenvalue weighted by Gasteiger charge is 2.05. The van der Waals surface area contributed by atoms with Crippen molar-refractivity contribution in [2.24, 2.45) is 4.99 Å². The van der Waals surface area contributed by atoms with Gasteiger partial charge in [-0.25, -0.2) is 0 Å². The van der Waals surface area contributed by atoms with Gasteiger partial charge in [-0.2, -0.15) is 0 Å². The van der Waals surface area contributed by atoms with Crippen molar-refractivity contribution < 1.29 is 9.47 Å². The van der Waals surface area contributed by atoms with Gasteiger partial charge in [-0.05, 0) is 17.4 Å². The molecule has 4 heteroatoms. The van der Waals surface area contributed by atoms with Crippen LogP contribution in [-0.4, -0.2) is 27.5 Å². The first-order valence-corrected chi connectivity index (χ1v) is 7.89. The van der Waals surface area contributed by atoms with Crippen molar-refractivity contribution in [2.75, 3.05) is 26.6 Å². The molecule has 0 aliphatic carbocycles. The highest BCUT2D eigenvalue weighted by atomic mass is 16.5. The van der Waals surface area contributed by atoms with Crippen LogP contribution in [-0.2, 0) is 0 Å². The summed E-state index contributed by atoms with van der Waals surface area (Å²) in [6.07, 6.45) is 1.78. The third-order valence-corrected chi connectivity index (χ3v) is 3.23. The number of hydrogen-bond acceptors (Lipinski definition) is 4. The minimum Gasteiger partial charge on any atom is -0.493 e. The first kappa shape index (κ1) is 19.3. The fourth-order valence-corrected chi connectivity index (χ4v) is 2.15. The number of anilines is 1. The molecular weight excluding hydrogens is 300 g/mol. The largest absolute Gasteiger partial charge is 0.493 e. The van der Waals surface area contributed by atoms with Crippen LogP contribution in [0.1, 0.15) is 13.8 Å².